The summed E-state index contributed by atoms with van der Waals surface area (Å²) in [7, 11) is 0. The quantitative estimate of drug-likeness (QED) is 0.403. The number of anilines is 2. The first-order valence-corrected chi connectivity index (χ1v) is 10.3. The van der Waals surface area contributed by atoms with Gasteiger partial charge in [0.25, 0.3) is 0 Å². The lowest BCUT2D eigenvalue weighted by Crippen LogP contribution is -2.22. The van der Waals surface area contributed by atoms with Crippen molar-refractivity contribution in [1.29, 1.82) is 0 Å². The maximum atomic E-state index is 12.3. The minimum Gasteiger partial charge on any atom is -0.369 e. The van der Waals surface area contributed by atoms with Gasteiger partial charge in [-0.3, -0.25) is 9.69 Å². The topological polar surface area (TPSA) is 29.5 Å². The average molecular weight is 388 g/mol. The van der Waals surface area contributed by atoms with Crippen LogP contribution in [0.2, 0.25) is 0 Å². The zero-order chi connectivity index (χ0) is 20.5. The number of carbonyl (C=O) groups excluding carboxylic acids is 1. The van der Waals surface area contributed by atoms with E-state index in [1.165, 1.54) is 5.56 Å². The van der Waals surface area contributed by atoms with Crippen molar-refractivity contribution >= 4 is 17.3 Å². The number of rotatable bonds is 9. The van der Waals surface area contributed by atoms with Gasteiger partial charge in [-0.15, -0.1) is 0 Å². The van der Waals surface area contributed by atoms with Crippen molar-refractivity contribution in [2.24, 2.45) is 0 Å². The molecule has 0 N–H and O–H groups in total. The first-order chi connectivity index (χ1) is 14.2. The summed E-state index contributed by atoms with van der Waals surface area (Å²) < 4.78 is 6.31. The van der Waals surface area contributed by atoms with Gasteiger partial charge in [-0.1, -0.05) is 80.4 Å². The summed E-state index contributed by atoms with van der Waals surface area (Å²) in [5, 5.41) is 0. The van der Waals surface area contributed by atoms with E-state index in [0.29, 0.717) is 6.61 Å². The maximum Gasteiger partial charge on any atom is 0.228 e. The molecular weight excluding hydrogens is 358 g/mol. The van der Waals surface area contributed by atoms with Crippen LogP contribution in [0.1, 0.15) is 50.3 Å². The van der Waals surface area contributed by atoms with Gasteiger partial charge in [-0.2, -0.15) is 0 Å². The Kier molecular flexibility index (Phi) is 7.60. The normalized spacial score (nSPS) is 11.8. The van der Waals surface area contributed by atoms with Gasteiger partial charge in [0.2, 0.25) is 5.91 Å². The largest absolute Gasteiger partial charge is 0.369 e. The van der Waals surface area contributed by atoms with Gasteiger partial charge in [-0.25, -0.2) is 0 Å². The molecule has 0 aliphatic heterocycles. The summed E-state index contributed by atoms with van der Waals surface area (Å²) in [6.45, 7) is 4.30. The van der Waals surface area contributed by atoms with Crippen molar-refractivity contribution in [3.8, 4) is 0 Å². The van der Waals surface area contributed by atoms with E-state index >= 15 is 0 Å². The zero-order valence-corrected chi connectivity index (χ0v) is 17.3. The van der Waals surface area contributed by atoms with Crippen LogP contribution in [0.4, 0.5) is 11.4 Å². The van der Waals surface area contributed by atoms with E-state index in [9.17, 15) is 4.79 Å². The second kappa shape index (κ2) is 10.6. The van der Waals surface area contributed by atoms with Crippen LogP contribution < -0.4 is 4.90 Å². The monoisotopic (exact) mass is 387 g/mol. The zero-order valence-electron chi connectivity index (χ0n) is 17.3. The third kappa shape index (κ3) is 5.78. The van der Waals surface area contributed by atoms with Crippen molar-refractivity contribution in [2.75, 3.05) is 4.90 Å². The number of amides is 1. The molecular formula is C26H29NO2. The molecule has 0 saturated carbocycles. The van der Waals surface area contributed by atoms with Crippen molar-refractivity contribution in [2.45, 2.75) is 45.8 Å². The summed E-state index contributed by atoms with van der Waals surface area (Å²) in [6.07, 6.45) is 3.36. The second-order valence-electron chi connectivity index (χ2n) is 7.21. The van der Waals surface area contributed by atoms with Crippen LogP contribution in [0.15, 0.2) is 84.9 Å². The first-order valence-electron chi connectivity index (χ1n) is 10.3. The Morgan fingerprint density at radius 1 is 0.897 bits per heavy atom. The first kappa shape index (κ1) is 20.8. The van der Waals surface area contributed by atoms with Gasteiger partial charge in [-0.05, 0) is 41.8 Å². The molecule has 0 aliphatic rings. The van der Waals surface area contributed by atoms with Crippen molar-refractivity contribution in [3.63, 3.8) is 0 Å². The average Bonchev–Trinajstić information content (AvgIpc) is 2.75. The second-order valence-corrected chi connectivity index (χ2v) is 7.21. The van der Waals surface area contributed by atoms with E-state index in [2.05, 4.69) is 37.3 Å². The van der Waals surface area contributed by atoms with E-state index in [0.717, 1.165) is 36.2 Å². The number of benzene rings is 3. The minimum atomic E-state index is -0.0145. The van der Waals surface area contributed by atoms with Crippen LogP contribution in [-0.4, -0.2) is 5.91 Å². The molecule has 0 aliphatic carbocycles. The minimum absolute atomic E-state index is 0.0145. The third-order valence-electron chi connectivity index (χ3n) is 4.94. The Morgan fingerprint density at radius 3 is 2.21 bits per heavy atom. The molecule has 0 radical (unpaired) electrons. The number of carbonyl (C=O) groups is 1. The van der Waals surface area contributed by atoms with Crippen LogP contribution >= 0.6 is 0 Å². The molecule has 0 spiro atoms. The van der Waals surface area contributed by atoms with E-state index in [1.54, 1.807) is 11.8 Å². The number of hydrogen-bond acceptors (Lipinski definition) is 2. The highest BCUT2D eigenvalue weighted by Crippen LogP contribution is 2.28. The highest BCUT2D eigenvalue weighted by atomic mass is 16.5. The third-order valence-corrected chi connectivity index (χ3v) is 4.94. The number of hydrogen-bond donors (Lipinski definition) is 0. The van der Waals surface area contributed by atoms with E-state index in [-0.39, 0.29) is 12.0 Å². The fraction of sp³-hybridized carbons (Fsp3) is 0.269. The molecule has 3 nitrogen and oxygen atoms in total. The highest BCUT2D eigenvalue weighted by Gasteiger charge is 2.15. The van der Waals surface area contributed by atoms with Crippen molar-refractivity contribution in [3.05, 3.63) is 96.1 Å². The Balaban J connectivity index is 1.77. The van der Waals surface area contributed by atoms with Crippen LogP contribution in [0.25, 0.3) is 0 Å². The molecule has 0 saturated heterocycles. The number of ether oxygens (including phenoxy) is 1. The summed E-state index contributed by atoms with van der Waals surface area (Å²) in [5.74, 6) is -0.0145. The fourth-order valence-electron chi connectivity index (χ4n) is 3.48. The standard InChI is InChI=1S/C26H29NO2/c1-3-4-18-26(23-13-7-5-8-14-23)29-20-22-12-11-17-25(19-22)27(21(2)28)24-15-9-6-10-16-24/h5-17,19,26H,3-4,18,20H2,1-2H3. The molecule has 0 bridgehead atoms. The summed E-state index contributed by atoms with van der Waals surface area (Å²) >= 11 is 0. The lowest BCUT2D eigenvalue weighted by atomic mass is 10.0. The molecule has 0 aromatic heterocycles. The van der Waals surface area contributed by atoms with Crippen LogP contribution in [0.3, 0.4) is 0 Å². The molecule has 1 atom stereocenters. The van der Waals surface area contributed by atoms with E-state index in [4.69, 9.17) is 4.74 Å². The molecule has 0 fully saturated rings. The van der Waals surface area contributed by atoms with Crippen molar-refractivity contribution in [1.82, 2.24) is 0 Å². The van der Waals surface area contributed by atoms with E-state index in [1.807, 2.05) is 54.6 Å². The molecule has 3 aromatic rings. The lowest BCUT2D eigenvalue weighted by molar-refractivity contribution is -0.115. The molecule has 3 rings (SSSR count). The SMILES string of the molecule is CCCCC(OCc1cccc(N(C(C)=O)c2ccccc2)c1)c1ccccc1. The lowest BCUT2D eigenvalue weighted by Gasteiger charge is -2.23. The van der Waals surface area contributed by atoms with Gasteiger partial charge in [0.05, 0.1) is 12.7 Å². The Morgan fingerprint density at radius 2 is 1.55 bits per heavy atom. The number of para-hydroxylation sites is 1. The summed E-state index contributed by atoms with van der Waals surface area (Å²) in [6, 6.07) is 28.2. The Hall–Kier alpha value is -2.91. The van der Waals surface area contributed by atoms with E-state index < -0.39 is 0 Å². The number of nitrogens with zero attached hydrogens (tertiary/aromatic N) is 1. The summed E-state index contributed by atoms with van der Waals surface area (Å²) in [4.78, 5) is 14.1. The fourth-order valence-corrected chi connectivity index (χ4v) is 3.48. The van der Waals surface area contributed by atoms with Gasteiger partial charge < -0.3 is 4.74 Å². The number of unbranched alkanes of at least 4 members (excludes halogenated alkanes) is 1. The van der Waals surface area contributed by atoms with Crippen LogP contribution in [0.5, 0.6) is 0 Å². The Labute approximate surface area is 174 Å². The Bertz CT molecular complexity index is 893. The predicted molar refractivity (Wildman–Crippen MR) is 119 cm³/mol. The maximum absolute atomic E-state index is 12.3. The predicted octanol–water partition coefficient (Wildman–Crippen LogP) is 6.82. The van der Waals surface area contributed by atoms with Gasteiger partial charge >= 0.3 is 0 Å². The molecule has 1 amide bonds. The molecule has 1 unspecified atom stereocenters. The molecule has 29 heavy (non-hydrogen) atoms. The summed E-state index contributed by atoms with van der Waals surface area (Å²) in [5.41, 5.74) is 3.99. The van der Waals surface area contributed by atoms with Gasteiger partial charge in [0, 0.05) is 18.3 Å². The molecule has 0 heterocycles. The van der Waals surface area contributed by atoms with Crippen LogP contribution in [-0.2, 0) is 16.1 Å². The smallest absolute Gasteiger partial charge is 0.228 e. The molecule has 150 valence electrons. The van der Waals surface area contributed by atoms with Crippen molar-refractivity contribution < 1.29 is 9.53 Å². The molecule has 3 heteroatoms. The van der Waals surface area contributed by atoms with Gasteiger partial charge in [0.1, 0.15) is 0 Å². The van der Waals surface area contributed by atoms with Gasteiger partial charge in [0.15, 0.2) is 0 Å². The molecule has 3 aromatic carbocycles. The van der Waals surface area contributed by atoms with Crippen LogP contribution in [0, 0.1) is 0 Å². The highest BCUT2D eigenvalue weighted by molar-refractivity contribution is 5.99.